The number of hydrogen-bond donors (Lipinski definition) is 0. The number of pyridine rings is 1. The van der Waals surface area contributed by atoms with Crippen LogP contribution in [0, 0.1) is 0 Å². The van der Waals surface area contributed by atoms with E-state index in [1.807, 2.05) is 6.92 Å². The quantitative estimate of drug-likeness (QED) is 0.739. The van der Waals surface area contributed by atoms with E-state index in [0.717, 1.165) is 0 Å². The molecule has 0 amide bonds. The summed E-state index contributed by atoms with van der Waals surface area (Å²) in [6, 6.07) is 5.08. The highest BCUT2D eigenvalue weighted by atomic mass is 16.6. The third-order valence-electron chi connectivity index (χ3n) is 2.23. The zero-order valence-corrected chi connectivity index (χ0v) is 11.5. The SMILES string of the molecule is CCCC(=O)OC(C(=O)OC(C)C)c1ccccn1. The maximum Gasteiger partial charge on any atom is 0.354 e. The molecule has 0 spiro atoms. The highest BCUT2D eigenvalue weighted by Crippen LogP contribution is 2.18. The summed E-state index contributed by atoms with van der Waals surface area (Å²) in [6.07, 6.45) is 1.09. The summed E-state index contributed by atoms with van der Waals surface area (Å²) in [4.78, 5) is 27.6. The highest BCUT2D eigenvalue weighted by Gasteiger charge is 2.28. The molecule has 0 aliphatic rings. The van der Waals surface area contributed by atoms with Gasteiger partial charge >= 0.3 is 11.9 Å². The van der Waals surface area contributed by atoms with E-state index in [4.69, 9.17) is 9.47 Å². The normalized spacial score (nSPS) is 12.0. The molecule has 0 aromatic carbocycles. The van der Waals surface area contributed by atoms with E-state index in [2.05, 4.69) is 4.98 Å². The Morgan fingerprint density at radius 2 is 2.00 bits per heavy atom. The molecule has 1 aromatic rings. The van der Waals surface area contributed by atoms with Gasteiger partial charge in [-0.15, -0.1) is 0 Å². The molecular weight excluding hydrogens is 246 g/mol. The number of rotatable bonds is 6. The minimum atomic E-state index is -1.09. The molecule has 1 heterocycles. The van der Waals surface area contributed by atoms with E-state index in [1.54, 1.807) is 38.2 Å². The van der Waals surface area contributed by atoms with E-state index in [-0.39, 0.29) is 12.5 Å². The van der Waals surface area contributed by atoms with E-state index in [9.17, 15) is 9.59 Å². The van der Waals surface area contributed by atoms with Gasteiger partial charge in [-0.25, -0.2) is 4.79 Å². The summed E-state index contributed by atoms with van der Waals surface area (Å²) in [6.45, 7) is 5.34. The van der Waals surface area contributed by atoms with Gasteiger partial charge in [0.2, 0.25) is 6.10 Å². The van der Waals surface area contributed by atoms with Crippen LogP contribution in [0.1, 0.15) is 45.4 Å². The first kappa shape index (κ1) is 15.1. The van der Waals surface area contributed by atoms with Gasteiger partial charge in [0.05, 0.1) is 11.8 Å². The molecule has 0 radical (unpaired) electrons. The van der Waals surface area contributed by atoms with Gasteiger partial charge in [-0.1, -0.05) is 13.0 Å². The second-order valence-electron chi connectivity index (χ2n) is 4.36. The first-order chi connectivity index (χ1) is 9.04. The van der Waals surface area contributed by atoms with Crippen molar-refractivity contribution in [1.29, 1.82) is 0 Å². The topological polar surface area (TPSA) is 65.5 Å². The molecule has 1 rings (SSSR count). The average molecular weight is 265 g/mol. The molecule has 0 N–H and O–H groups in total. The number of esters is 2. The standard InChI is InChI=1S/C14H19NO4/c1-4-7-12(16)19-13(14(17)18-10(2)3)11-8-5-6-9-15-11/h5-6,8-10,13H,4,7H2,1-3H3. The van der Waals surface area contributed by atoms with Crippen LogP contribution in [0.3, 0.4) is 0 Å². The summed E-state index contributed by atoms with van der Waals surface area (Å²) in [7, 11) is 0. The zero-order valence-electron chi connectivity index (χ0n) is 11.5. The minimum Gasteiger partial charge on any atom is -0.460 e. The second kappa shape index (κ2) is 7.51. The summed E-state index contributed by atoms with van der Waals surface area (Å²) in [5, 5.41) is 0. The first-order valence-electron chi connectivity index (χ1n) is 6.35. The molecule has 0 aliphatic heterocycles. The fraction of sp³-hybridized carbons (Fsp3) is 0.500. The second-order valence-corrected chi connectivity index (χ2v) is 4.36. The van der Waals surface area contributed by atoms with Gasteiger partial charge in [-0.2, -0.15) is 0 Å². The number of ether oxygens (including phenoxy) is 2. The van der Waals surface area contributed by atoms with Gasteiger partial charge in [0.15, 0.2) is 0 Å². The lowest BCUT2D eigenvalue weighted by Gasteiger charge is -2.17. The van der Waals surface area contributed by atoms with Gasteiger partial charge in [0.25, 0.3) is 0 Å². The number of nitrogens with zero attached hydrogens (tertiary/aromatic N) is 1. The minimum absolute atomic E-state index is 0.262. The predicted octanol–water partition coefficient (Wildman–Crippen LogP) is 2.42. The van der Waals surface area contributed by atoms with Gasteiger partial charge in [-0.05, 0) is 32.4 Å². The third kappa shape index (κ3) is 5.07. The van der Waals surface area contributed by atoms with E-state index in [0.29, 0.717) is 12.1 Å². The molecule has 0 saturated heterocycles. The van der Waals surface area contributed by atoms with Crippen LogP contribution in [0.5, 0.6) is 0 Å². The Morgan fingerprint density at radius 1 is 1.26 bits per heavy atom. The van der Waals surface area contributed by atoms with Crippen LogP contribution in [0.2, 0.25) is 0 Å². The Labute approximate surface area is 112 Å². The highest BCUT2D eigenvalue weighted by molar-refractivity contribution is 5.80. The van der Waals surface area contributed by atoms with Gasteiger partial charge in [0, 0.05) is 12.6 Å². The maximum absolute atomic E-state index is 12.0. The fourth-order valence-electron chi connectivity index (χ4n) is 1.45. The van der Waals surface area contributed by atoms with Crippen LogP contribution < -0.4 is 0 Å². The van der Waals surface area contributed by atoms with Crippen LogP contribution >= 0.6 is 0 Å². The van der Waals surface area contributed by atoms with Crippen molar-refractivity contribution in [2.45, 2.75) is 45.8 Å². The lowest BCUT2D eigenvalue weighted by molar-refractivity contribution is -0.171. The van der Waals surface area contributed by atoms with E-state index in [1.165, 1.54) is 0 Å². The Kier molecular flexibility index (Phi) is 5.99. The number of aromatic nitrogens is 1. The zero-order chi connectivity index (χ0) is 14.3. The molecule has 0 aliphatic carbocycles. The Morgan fingerprint density at radius 3 is 2.53 bits per heavy atom. The smallest absolute Gasteiger partial charge is 0.354 e. The van der Waals surface area contributed by atoms with Crippen LogP contribution in [0.15, 0.2) is 24.4 Å². The molecule has 19 heavy (non-hydrogen) atoms. The Bertz CT molecular complexity index is 417. The molecule has 5 nitrogen and oxygen atoms in total. The average Bonchev–Trinajstić information content (AvgIpc) is 2.36. The molecule has 0 fully saturated rings. The first-order valence-corrected chi connectivity index (χ1v) is 6.35. The monoisotopic (exact) mass is 265 g/mol. The van der Waals surface area contributed by atoms with Crippen LogP contribution in [-0.2, 0) is 19.1 Å². The Balaban J connectivity index is 2.85. The van der Waals surface area contributed by atoms with Gasteiger partial charge in [-0.3, -0.25) is 9.78 Å². The Hall–Kier alpha value is -1.91. The molecule has 5 heteroatoms. The van der Waals surface area contributed by atoms with Crippen molar-refractivity contribution in [1.82, 2.24) is 4.98 Å². The summed E-state index contributed by atoms with van der Waals surface area (Å²) in [5.41, 5.74) is 0.373. The largest absolute Gasteiger partial charge is 0.460 e. The maximum atomic E-state index is 12.0. The van der Waals surface area contributed by atoms with Crippen molar-refractivity contribution in [3.05, 3.63) is 30.1 Å². The molecule has 1 unspecified atom stereocenters. The van der Waals surface area contributed by atoms with Gasteiger partial charge < -0.3 is 9.47 Å². The van der Waals surface area contributed by atoms with Crippen LogP contribution in [-0.4, -0.2) is 23.0 Å². The molecular formula is C14H19NO4. The van der Waals surface area contributed by atoms with Gasteiger partial charge in [0.1, 0.15) is 0 Å². The molecule has 1 atom stereocenters. The third-order valence-corrected chi connectivity index (χ3v) is 2.23. The van der Waals surface area contributed by atoms with Crippen molar-refractivity contribution in [2.24, 2.45) is 0 Å². The van der Waals surface area contributed by atoms with Crippen LogP contribution in [0.25, 0.3) is 0 Å². The molecule has 0 saturated carbocycles. The van der Waals surface area contributed by atoms with Crippen LogP contribution in [0.4, 0.5) is 0 Å². The number of hydrogen-bond acceptors (Lipinski definition) is 5. The lowest BCUT2D eigenvalue weighted by Crippen LogP contribution is -2.25. The fourth-order valence-corrected chi connectivity index (χ4v) is 1.45. The van der Waals surface area contributed by atoms with E-state index < -0.39 is 18.0 Å². The number of carbonyl (C=O) groups is 2. The predicted molar refractivity (Wildman–Crippen MR) is 69.2 cm³/mol. The number of carbonyl (C=O) groups excluding carboxylic acids is 2. The van der Waals surface area contributed by atoms with Crippen molar-refractivity contribution in [3.63, 3.8) is 0 Å². The summed E-state index contributed by atoms with van der Waals surface area (Å²) < 4.78 is 10.3. The van der Waals surface area contributed by atoms with Crippen molar-refractivity contribution in [3.8, 4) is 0 Å². The van der Waals surface area contributed by atoms with Crippen molar-refractivity contribution < 1.29 is 19.1 Å². The molecule has 104 valence electrons. The molecule has 1 aromatic heterocycles. The van der Waals surface area contributed by atoms with Crippen molar-refractivity contribution in [2.75, 3.05) is 0 Å². The lowest BCUT2D eigenvalue weighted by atomic mass is 10.2. The molecule has 0 bridgehead atoms. The summed E-state index contributed by atoms with van der Waals surface area (Å²) >= 11 is 0. The summed E-state index contributed by atoms with van der Waals surface area (Å²) in [5.74, 6) is -1.03. The van der Waals surface area contributed by atoms with E-state index >= 15 is 0 Å². The van der Waals surface area contributed by atoms with Crippen molar-refractivity contribution >= 4 is 11.9 Å².